The van der Waals surface area contributed by atoms with Crippen molar-refractivity contribution in [2.24, 2.45) is 11.3 Å². The Labute approximate surface area is 127 Å². The standard InChI is InChI=1S/C14H18O8/c1-6-21-11(16)8-12(17)22-9(13(18)20-5)7(10(15)19-4)14(8,2)3/h8H,6H2,1-5H3. The van der Waals surface area contributed by atoms with E-state index in [1.807, 2.05) is 0 Å². The van der Waals surface area contributed by atoms with E-state index in [0.717, 1.165) is 14.2 Å². The zero-order valence-electron chi connectivity index (χ0n) is 13.1. The minimum atomic E-state index is -1.39. The van der Waals surface area contributed by atoms with Crippen molar-refractivity contribution in [3.05, 3.63) is 11.3 Å². The molecule has 22 heavy (non-hydrogen) atoms. The van der Waals surface area contributed by atoms with Crippen LogP contribution in [0.3, 0.4) is 0 Å². The predicted molar refractivity (Wildman–Crippen MR) is 71.1 cm³/mol. The number of hydrogen-bond acceptors (Lipinski definition) is 8. The largest absolute Gasteiger partial charge is 0.466 e. The van der Waals surface area contributed by atoms with Crippen molar-refractivity contribution in [1.82, 2.24) is 0 Å². The van der Waals surface area contributed by atoms with Crippen LogP contribution in [0.4, 0.5) is 0 Å². The van der Waals surface area contributed by atoms with E-state index in [1.54, 1.807) is 6.92 Å². The van der Waals surface area contributed by atoms with Gasteiger partial charge in [-0.1, -0.05) is 13.8 Å². The lowest BCUT2D eigenvalue weighted by Gasteiger charge is -2.36. The second kappa shape index (κ2) is 6.59. The van der Waals surface area contributed by atoms with Crippen LogP contribution < -0.4 is 0 Å². The van der Waals surface area contributed by atoms with E-state index in [4.69, 9.17) is 9.47 Å². The van der Waals surface area contributed by atoms with Crippen molar-refractivity contribution in [3.63, 3.8) is 0 Å². The van der Waals surface area contributed by atoms with Gasteiger partial charge in [0.05, 0.1) is 26.4 Å². The average molecular weight is 314 g/mol. The third-order valence-electron chi connectivity index (χ3n) is 3.31. The first-order valence-electron chi connectivity index (χ1n) is 6.52. The molecule has 0 spiro atoms. The summed E-state index contributed by atoms with van der Waals surface area (Å²) in [6.07, 6.45) is 0. The van der Waals surface area contributed by atoms with Crippen molar-refractivity contribution in [1.29, 1.82) is 0 Å². The molecule has 0 bridgehead atoms. The van der Waals surface area contributed by atoms with Crippen molar-refractivity contribution < 1.29 is 38.1 Å². The van der Waals surface area contributed by atoms with Crippen LogP contribution in [0.1, 0.15) is 20.8 Å². The summed E-state index contributed by atoms with van der Waals surface area (Å²) < 4.78 is 18.8. The van der Waals surface area contributed by atoms with Crippen LogP contribution >= 0.6 is 0 Å². The molecule has 1 unspecified atom stereocenters. The second-order valence-corrected chi connectivity index (χ2v) is 5.02. The van der Waals surface area contributed by atoms with E-state index in [1.165, 1.54) is 13.8 Å². The molecular weight excluding hydrogens is 296 g/mol. The third kappa shape index (κ3) is 2.95. The number of ether oxygens (including phenoxy) is 4. The SMILES string of the molecule is CCOC(=O)C1C(=O)OC(C(=O)OC)=C(C(=O)OC)C1(C)C. The van der Waals surface area contributed by atoms with Gasteiger partial charge in [-0.15, -0.1) is 0 Å². The van der Waals surface area contributed by atoms with Gasteiger partial charge in [0.2, 0.25) is 5.76 Å². The molecule has 0 amide bonds. The number of esters is 4. The highest BCUT2D eigenvalue weighted by atomic mass is 16.6. The van der Waals surface area contributed by atoms with Gasteiger partial charge in [-0.05, 0) is 6.92 Å². The lowest BCUT2D eigenvalue weighted by Crippen LogP contribution is -2.47. The van der Waals surface area contributed by atoms with E-state index < -0.39 is 41.0 Å². The van der Waals surface area contributed by atoms with Gasteiger partial charge in [0.25, 0.3) is 0 Å². The van der Waals surface area contributed by atoms with Crippen molar-refractivity contribution >= 4 is 23.9 Å². The van der Waals surface area contributed by atoms with Gasteiger partial charge < -0.3 is 18.9 Å². The smallest absolute Gasteiger partial charge is 0.374 e. The lowest BCUT2D eigenvalue weighted by molar-refractivity contribution is -0.171. The van der Waals surface area contributed by atoms with Gasteiger partial charge in [0.1, 0.15) is 0 Å². The average Bonchev–Trinajstić information content (AvgIpc) is 2.44. The third-order valence-corrected chi connectivity index (χ3v) is 3.31. The lowest BCUT2D eigenvalue weighted by atomic mass is 9.70. The molecule has 0 aliphatic carbocycles. The van der Waals surface area contributed by atoms with E-state index in [-0.39, 0.29) is 12.2 Å². The first kappa shape index (κ1) is 17.7. The number of carbonyl (C=O) groups is 4. The Morgan fingerprint density at radius 3 is 2.14 bits per heavy atom. The molecule has 0 N–H and O–H groups in total. The summed E-state index contributed by atoms with van der Waals surface area (Å²) in [6.45, 7) is 4.53. The maximum Gasteiger partial charge on any atom is 0.374 e. The molecule has 1 atom stereocenters. The fourth-order valence-corrected chi connectivity index (χ4v) is 2.25. The molecule has 1 aliphatic heterocycles. The fraction of sp³-hybridized carbons (Fsp3) is 0.571. The summed E-state index contributed by atoms with van der Waals surface area (Å²) in [4.78, 5) is 47.9. The first-order chi connectivity index (χ1) is 10.2. The van der Waals surface area contributed by atoms with Gasteiger partial charge in [-0.2, -0.15) is 0 Å². The molecule has 1 aliphatic rings. The first-order valence-corrected chi connectivity index (χ1v) is 6.52. The topological polar surface area (TPSA) is 105 Å². The second-order valence-electron chi connectivity index (χ2n) is 5.02. The summed E-state index contributed by atoms with van der Waals surface area (Å²) >= 11 is 0. The van der Waals surface area contributed by atoms with Crippen molar-refractivity contribution in [2.75, 3.05) is 20.8 Å². The van der Waals surface area contributed by atoms with Crippen LogP contribution in [0, 0.1) is 11.3 Å². The molecule has 8 heteroatoms. The van der Waals surface area contributed by atoms with Gasteiger partial charge in [0, 0.05) is 5.41 Å². The Morgan fingerprint density at radius 1 is 1.14 bits per heavy atom. The molecule has 1 rings (SSSR count). The van der Waals surface area contributed by atoms with E-state index in [0.29, 0.717) is 0 Å². The van der Waals surface area contributed by atoms with Crippen LogP contribution in [0.25, 0.3) is 0 Å². The minimum absolute atomic E-state index is 0.0554. The van der Waals surface area contributed by atoms with Crippen LogP contribution in [-0.2, 0) is 38.1 Å². The van der Waals surface area contributed by atoms with Crippen molar-refractivity contribution in [2.45, 2.75) is 20.8 Å². The maximum atomic E-state index is 12.1. The van der Waals surface area contributed by atoms with Gasteiger partial charge in [-0.25, -0.2) is 9.59 Å². The summed E-state index contributed by atoms with van der Waals surface area (Å²) in [5, 5.41) is 0. The molecule has 1 heterocycles. The number of rotatable bonds is 4. The zero-order valence-corrected chi connectivity index (χ0v) is 13.1. The minimum Gasteiger partial charge on any atom is -0.466 e. The molecule has 0 saturated carbocycles. The van der Waals surface area contributed by atoms with Crippen LogP contribution in [0.2, 0.25) is 0 Å². The molecule has 0 radical (unpaired) electrons. The Bertz CT molecular complexity index is 543. The van der Waals surface area contributed by atoms with Crippen LogP contribution in [0.15, 0.2) is 11.3 Å². The highest BCUT2D eigenvalue weighted by molar-refractivity contribution is 6.07. The van der Waals surface area contributed by atoms with Crippen LogP contribution in [-0.4, -0.2) is 44.7 Å². The van der Waals surface area contributed by atoms with E-state index in [2.05, 4.69) is 9.47 Å². The Kier molecular flexibility index (Phi) is 5.29. The quantitative estimate of drug-likeness (QED) is 0.416. The van der Waals surface area contributed by atoms with Gasteiger partial charge >= 0.3 is 23.9 Å². The molecular formula is C14H18O8. The molecule has 0 fully saturated rings. The molecule has 0 saturated heterocycles. The van der Waals surface area contributed by atoms with Crippen molar-refractivity contribution in [3.8, 4) is 0 Å². The summed E-state index contributed by atoms with van der Waals surface area (Å²) in [7, 11) is 2.18. The fourth-order valence-electron chi connectivity index (χ4n) is 2.25. The predicted octanol–water partition coefficient (Wildman–Crippen LogP) is 0.349. The number of hydrogen-bond donors (Lipinski definition) is 0. The Morgan fingerprint density at radius 2 is 1.68 bits per heavy atom. The van der Waals surface area contributed by atoms with E-state index in [9.17, 15) is 19.2 Å². The van der Waals surface area contributed by atoms with E-state index >= 15 is 0 Å². The number of methoxy groups -OCH3 is 2. The Balaban J connectivity index is 3.49. The number of carbonyl (C=O) groups excluding carboxylic acids is 4. The molecule has 8 nitrogen and oxygen atoms in total. The highest BCUT2D eigenvalue weighted by Crippen LogP contribution is 2.43. The summed E-state index contributed by atoms with van der Waals surface area (Å²) in [5.74, 6) is -5.71. The van der Waals surface area contributed by atoms with Gasteiger partial charge in [-0.3, -0.25) is 9.59 Å². The van der Waals surface area contributed by atoms with Gasteiger partial charge in [0.15, 0.2) is 5.92 Å². The Hall–Kier alpha value is -2.38. The normalized spacial score (nSPS) is 20.0. The molecule has 0 aromatic carbocycles. The van der Waals surface area contributed by atoms with Crippen LogP contribution in [0.5, 0.6) is 0 Å². The monoisotopic (exact) mass is 314 g/mol. The molecule has 0 aromatic heterocycles. The maximum absolute atomic E-state index is 12.1. The molecule has 122 valence electrons. The zero-order chi connectivity index (χ0) is 17.1. The number of cyclic esters (lactones) is 1. The molecule has 0 aromatic rings. The summed E-state index contributed by atoms with van der Waals surface area (Å²) in [6, 6.07) is 0. The summed E-state index contributed by atoms with van der Waals surface area (Å²) in [5.41, 5.74) is -1.61. The highest BCUT2D eigenvalue weighted by Gasteiger charge is 2.54.